The van der Waals surface area contributed by atoms with Gasteiger partial charge in [0.2, 0.25) is 0 Å². The number of nitrogens with two attached hydrogens (primary N) is 1. The predicted molar refractivity (Wildman–Crippen MR) is 121 cm³/mol. The summed E-state index contributed by atoms with van der Waals surface area (Å²) in [5.41, 5.74) is 1.70. The first-order valence-electron chi connectivity index (χ1n) is 10.1. The molecule has 0 spiro atoms. The van der Waals surface area contributed by atoms with Crippen LogP contribution in [0.2, 0.25) is 5.02 Å². The first-order valence-corrected chi connectivity index (χ1v) is 10.4. The molecule has 2 aromatic carbocycles. The maximum absolute atomic E-state index is 13.4. The summed E-state index contributed by atoms with van der Waals surface area (Å²) >= 11 is 6.12. The topological polar surface area (TPSA) is 129 Å². The van der Waals surface area contributed by atoms with Gasteiger partial charge < -0.3 is 10.5 Å². The van der Waals surface area contributed by atoms with Crippen LogP contribution in [0.5, 0.6) is 0 Å². The summed E-state index contributed by atoms with van der Waals surface area (Å²) < 4.78 is 45.2. The second-order valence-electron chi connectivity index (χ2n) is 7.87. The lowest BCUT2D eigenvalue weighted by Gasteiger charge is -2.28. The van der Waals surface area contributed by atoms with E-state index in [-0.39, 0.29) is 35.2 Å². The zero-order valence-electron chi connectivity index (χ0n) is 18.4. The van der Waals surface area contributed by atoms with Gasteiger partial charge in [0.25, 0.3) is 5.91 Å². The molecule has 0 aromatic heterocycles. The van der Waals surface area contributed by atoms with Gasteiger partial charge in [-0.25, -0.2) is 14.5 Å². The number of ether oxygens (including phenoxy) is 1. The first kappa shape index (κ1) is 25.8. The minimum atomic E-state index is -4.88. The van der Waals surface area contributed by atoms with E-state index in [2.05, 4.69) is 5.32 Å². The summed E-state index contributed by atoms with van der Waals surface area (Å²) in [6, 6.07) is 7.18. The number of hydrogen-bond donors (Lipinski definition) is 2. The number of imide groups is 1. The molecule has 184 valence electrons. The number of alkyl halides is 3. The summed E-state index contributed by atoms with van der Waals surface area (Å²) in [6.45, 7) is 2.88. The van der Waals surface area contributed by atoms with E-state index in [9.17, 15) is 27.6 Å². The van der Waals surface area contributed by atoms with Crippen LogP contribution >= 0.6 is 11.6 Å². The number of urea groups is 1. The third-order valence-electron chi connectivity index (χ3n) is 5.15. The Kier molecular flexibility index (Phi) is 6.96. The summed E-state index contributed by atoms with van der Waals surface area (Å²) in [6.07, 6.45) is -5.73. The zero-order chi connectivity index (χ0) is 26.1. The molecular weight excluding hydrogens is 491 g/mol. The van der Waals surface area contributed by atoms with Crippen molar-refractivity contribution < 1.29 is 32.3 Å². The zero-order valence-corrected chi connectivity index (χ0v) is 19.2. The molecule has 0 aliphatic carbocycles. The fourth-order valence-corrected chi connectivity index (χ4v) is 3.67. The van der Waals surface area contributed by atoms with E-state index in [1.807, 2.05) is 0 Å². The number of benzene rings is 2. The van der Waals surface area contributed by atoms with Gasteiger partial charge in [-0.1, -0.05) is 11.6 Å². The molecule has 0 radical (unpaired) electrons. The van der Waals surface area contributed by atoms with Crippen LogP contribution in [-0.2, 0) is 15.7 Å². The number of nitrogens with one attached hydrogen (secondary N) is 1. The van der Waals surface area contributed by atoms with Gasteiger partial charge in [0.1, 0.15) is 12.1 Å². The van der Waals surface area contributed by atoms with Gasteiger partial charge >= 0.3 is 18.3 Å². The maximum atomic E-state index is 13.4. The van der Waals surface area contributed by atoms with E-state index in [1.54, 1.807) is 0 Å². The lowest BCUT2D eigenvalue weighted by atomic mass is 10.0. The van der Waals surface area contributed by atoms with Crippen molar-refractivity contribution in [1.29, 1.82) is 5.26 Å². The molecule has 0 unspecified atom stereocenters. The van der Waals surface area contributed by atoms with Crippen LogP contribution in [0.25, 0.3) is 0 Å². The lowest BCUT2D eigenvalue weighted by molar-refractivity contribution is -0.137. The van der Waals surface area contributed by atoms with Crippen molar-refractivity contribution in [1.82, 2.24) is 0 Å². The highest BCUT2D eigenvalue weighted by Crippen LogP contribution is 2.40. The largest absolute Gasteiger partial charge is 0.448 e. The van der Waals surface area contributed by atoms with E-state index >= 15 is 0 Å². The van der Waals surface area contributed by atoms with Crippen molar-refractivity contribution >= 4 is 46.7 Å². The van der Waals surface area contributed by atoms with Gasteiger partial charge in [-0.15, -0.1) is 0 Å². The van der Waals surface area contributed by atoms with Crippen LogP contribution in [0, 0.1) is 11.3 Å². The molecule has 1 saturated heterocycles. The molecule has 0 saturated carbocycles. The molecule has 35 heavy (non-hydrogen) atoms. The quantitative estimate of drug-likeness (QED) is 0.571. The molecule has 0 atom stereocenters. The average molecular weight is 510 g/mol. The number of nitrogens with zero attached hydrogens (tertiary/aromatic N) is 3. The SMILES string of the molecule is CC1(C)C(=O)N(c2ccc(C#N)c(C(F)(F)F)c2)C(=O)N1c1ccc(Cl)c(NC(=O)OCCN)c1. The molecule has 2 aromatic rings. The van der Waals surface area contributed by atoms with Crippen LogP contribution < -0.4 is 20.9 Å². The van der Waals surface area contributed by atoms with Crippen molar-refractivity contribution in [2.45, 2.75) is 25.6 Å². The van der Waals surface area contributed by atoms with Crippen molar-refractivity contribution in [2.24, 2.45) is 5.73 Å². The smallest absolute Gasteiger partial charge is 0.417 e. The standard InChI is InChI=1S/C22H19ClF3N5O4/c1-21(2)18(32)30(13-4-3-12(11-28)15(9-13)22(24,25)26)20(34)31(21)14-5-6-16(23)17(10-14)29-19(33)35-8-7-27/h3-6,9-10H,7-8,27H2,1-2H3,(H,29,33). The van der Waals surface area contributed by atoms with Crippen LogP contribution in [-0.4, -0.2) is 36.7 Å². The number of carbonyl (C=O) groups is 3. The van der Waals surface area contributed by atoms with E-state index in [4.69, 9.17) is 27.3 Å². The molecule has 0 bridgehead atoms. The van der Waals surface area contributed by atoms with Gasteiger partial charge in [-0.05, 0) is 50.2 Å². The van der Waals surface area contributed by atoms with Crippen molar-refractivity contribution in [3.05, 3.63) is 52.5 Å². The van der Waals surface area contributed by atoms with E-state index < -0.39 is 40.9 Å². The molecule has 3 rings (SSSR count). The highest BCUT2D eigenvalue weighted by atomic mass is 35.5. The number of anilines is 3. The Morgan fingerprint density at radius 3 is 2.46 bits per heavy atom. The number of nitriles is 1. The van der Waals surface area contributed by atoms with Crippen LogP contribution in [0.4, 0.5) is 39.8 Å². The van der Waals surface area contributed by atoms with Crippen molar-refractivity contribution in [3.63, 3.8) is 0 Å². The van der Waals surface area contributed by atoms with Gasteiger partial charge in [0.05, 0.1) is 33.6 Å². The third kappa shape index (κ3) is 4.87. The Balaban J connectivity index is 2.02. The van der Waals surface area contributed by atoms with Gasteiger partial charge in [0.15, 0.2) is 0 Å². The van der Waals surface area contributed by atoms with Gasteiger partial charge in [-0.3, -0.25) is 15.0 Å². The minimum Gasteiger partial charge on any atom is -0.448 e. The Bertz CT molecular complexity index is 1240. The summed E-state index contributed by atoms with van der Waals surface area (Å²) in [5.74, 6) is -0.799. The predicted octanol–water partition coefficient (Wildman–Crippen LogP) is 4.49. The van der Waals surface area contributed by atoms with Crippen molar-refractivity contribution in [3.8, 4) is 6.07 Å². The lowest BCUT2D eigenvalue weighted by Crippen LogP contribution is -2.44. The molecule has 4 amide bonds. The number of carbonyl (C=O) groups excluding carboxylic acids is 3. The Hall–Kier alpha value is -3.82. The maximum Gasteiger partial charge on any atom is 0.417 e. The van der Waals surface area contributed by atoms with Crippen LogP contribution in [0.1, 0.15) is 25.0 Å². The minimum absolute atomic E-state index is 0.0469. The highest BCUT2D eigenvalue weighted by Gasteiger charge is 2.53. The summed E-state index contributed by atoms with van der Waals surface area (Å²) in [7, 11) is 0. The van der Waals surface area contributed by atoms with E-state index in [0.29, 0.717) is 11.0 Å². The second-order valence-corrected chi connectivity index (χ2v) is 8.28. The summed E-state index contributed by atoms with van der Waals surface area (Å²) in [5, 5.41) is 11.5. The molecule has 9 nitrogen and oxygen atoms in total. The molecule has 1 aliphatic heterocycles. The fraction of sp³-hybridized carbons (Fsp3) is 0.273. The molecule has 1 aliphatic rings. The van der Waals surface area contributed by atoms with Crippen LogP contribution in [0.15, 0.2) is 36.4 Å². The summed E-state index contributed by atoms with van der Waals surface area (Å²) in [4.78, 5) is 40.1. The Labute approximate surface area is 202 Å². The molecule has 13 heteroatoms. The molecule has 1 fully saturated rings. The fourth-order valence-electron chi connectivity index (χ4n) is 3.51. The van der Waals surface area contributed by atoms with Crippen molar-refractivity contribution in [2.75, 3.05) is 28.3 Å². The van der Waals surface area contributed by atoms with E-state index in [1.165, 1.54) is 38.1 Å². The Morgan fingerprint density at radius 2 is 1.86 bits per heavy atom. The van der Waals surface area contributed by atoms with Gasteiger partial charge in [0, 0.05) is 12.2 Å². The monoisotopic (exact) mass is 509 g/mol. The normalized spacial score (nSPS) is 15.3. The molecular formula is C22H19ClF3N5O4. The van der Waals surface area contributed by atoms with Gasteiger partial charge in [-0.2, -0.15) is 18.4 Å². The van der Waals surface area contributed by atoms with E-state index in [0.717, 1.165) is 17.0 Å². The number of hydrogen-bond acceptors (Lipinski definition) is 6. The number of amides is 4. The Morgan fingerprint density at radius 1 is 1.20 bits per heavy atom. The number of halogens is 4. The second kappa shape index (κ2) is 9.44. The third-order valence-corrected chi connectivity index (χ3v) is 5.48. The average Bonchev–Trinajstić information content (AvgIpc) is 2.96. The molecule has 3 N–H and O–H groups in total. The highest BCUT2D eigenvalue weighted by molar-refractivity contribution is 6.34. The first-order chi connectivity index (χ1) is 16.3. The number of rotatable bonds is 5. The molecule has 1 heterocycles. The van der Waals surface area contributed by atoms with Crippen LogP contribution in [0.3, 0.4) is 0 Å².